The zero-order valence-electron chi connectivity index (χ0n) is 27.8. The molecule has 6 rings (SSSR count). The highest BCUT2D eigenvalue weighted by Gasteiger charge is 2.16. The lowest BCUT2D eigenvalue weighted by Crippen LogP contribution is -2.32. The largest absolute Gasteiger partial charge is 0.382 e. The zero-order valence-corrected chi connectivity index (χ0v) is 30.2. The number of nitrogen functional groups attached to an aromatic ring is 1. The molecule has 0 bridgehead atoms. The number of hydrogen-bond donors (Lipinski definition) is 2. The molecule has 18 heteroatoms. The fraction of sp³-hybridized carbons (Fsp3) is 0.700. The quantitative estimate of drug-likeness (QED) is 0.276. The lowest BCUT2D eigenvalue weighted by atomic mass is 10.1. The highest BCUT2D eigenvalue weighted by molar-refractivity contribution is 8.13. The van der Waals surface area contributed by atoms with Crippen molar-refractivity contribution >= 4 is 35.6 Å². The van der Waals surface area contributed by atoms with Gasteiger partial charge in [-0.2, -0.15) is 15.3 Å². The Morgan fingerprint density at radius 1 is 0.542 bits per heavy atom. The van der Waals surface area contributed by atoms with E-state index in [4.69, 9.17) is 21.6 Å². The molecule has 3 aliphatic heterocycles. The third kappa shape index (κ3) is 13.8. The van der Waals surface area contributed by atoms with E-state index >= 15 is 0 Å². The summed E-state index contributed by atoms with van der Waals surface area (Å²) in [6, 6.07) is 4.71. The maximum Gasteiger partial charge on any atom is 0.280 e. The van der Waals surface area contributed by atoms with Crippen LogP contribution < -0.4 is 10.9 Å². The number of primary sulfonamides is 1. The number of nitrogens with two attached hydrogens (primary N) is 2. The van der Waals surface area contributed by atoms with Crippen LogP contribution in [0.25, 0.3) is 0 Å². The van der Waals surface area contributed by atoms with Gasteiger partial charge in [0.25, 0.3) is 19.1 Å². The van der Waals surface area contributed by atoms with Gasteiger partial charge in [0.1, 0.15) is 5.82 Å². The van der Waals surface area contributed by atoms with Crippen molar-refractivity contribution in [3.05, 3.63) is 36.8 Å². The predicted molar refractivity (Wildman–Crippen MR) is 186 cm³/mol. The SMILES string of the molecule is NS(=O)(=O)c1ccn(CCN2CCCCC2)n1.Nc1ccn(CCN2CCCCC2)n1.O=S(=O)(Cl)c1ccn(CCN2CCCCC2)n1. The van der Waals surface area contributed by atoms with Crippen LogP contribution in [0.4, 0.5) is 5.82 Å². The lowest BCUT2D eigenvalue weighted by Gasteiger charge is -2.26. The Labute approximate surface area is 289 Å². The fourth-order valence-corrected chi connectivity index (χ4v) is 7.14. The van der Waals surface area contributed by atoms with Crippen LogP contribution >= 0.6 is 10.7 Å². The van der Waals surface area contributed by atoms with Crippen molar-refractivity contribution in [3.8, 4) is 0 Å². The van der Waals surface area contributed by atoms with Gasteiger partial charge in [-0.3, -0.25) is 14.0 Å². The second kappa shape index (κ2) is 19.0. The van der Waals surface area contributed by atoms with Crippen LogP contribution in [-0.4, -0.2) is 120 Å². The first kappa shape index (κ1) is 38.3. The number of halogens is 1. The van der Waals surface area contributed by atoms with Crippen molar-refractivity contribution in [2.24, 2.45) is 5.14 Å². The molecule has 3 saturated heterocycles. The summed E-state index contributed by atoms with van der Waals surface area (Å²) in [6.07, 6.45) is 17.0. The molecule has 3 aromatic rings. The van der Waals surface area contributed by atoms with Crippen molar-refractivity contribution in [3.63, 3.8) is 0 Å². The monoisotopic (exact) mass is 729 g/mol. The molecule has 3 fully saturated rings. The van der Waals surface area contributed by atoms with E-state index in [9.17, 15) is 16.8 Å². The van der Waals surface area contributed by atoms with Crippen molar-refractivity contribution < 1.29 is 16.8 Å². The minimum absolute atomic E-state index is 0.0591. The smallest absolute Gasteiger partial charge is 0.280 e. The van der Waals surface area contributed by atoms with Crippen LogP contribution in [0.2, 0.25) is 0 Å². The number of nitrogens with zero attached hydrogens (tertiary/aromatic N) is 9. The number of piperidine rings is 3. The van der Waals surface area contributed by atoms with Gasteiger partial charge in [-0.25, -0.2) is 22.0 Å². The van der Waals surface area contributed by atoms with Crippen LogP contribution in [0.3, 0.4) is 0 Å². The highest BCUT2D eigenvalue weighted by atomic mass is 35.7. The molecule has 4 N–H and O–H groups in total. The maximum absolute atomic E-state index is 11.0. The summed E-state index contributed by atoms with van der Waals surface area (Å²) >= 11 is 0. The Morgan fingerprint density at radius 2 is 0.896 bits per heavy atom. The Kier molecular flexibility index (Phi) is 15.2. The predicted octanol–water partition coefficient (Wildman–Crippen LogP) is 2.26. The summed E-state index contributed by atoms with van der Waals surface area (Å²) < 4.78 is 49.3. The molecule has 15 nitrogen and oxygen atoms in total. The average molecular weight is 730 g/mol. The van der Waals surface area contributed by atoms with Crippen molar-refractivity contribution in [2.45, 2.75) is 87.5 Å². The molecule has 6 heterocycles. The Bertz CT molecular complexity index is 1490. The molecule has 0 atom stereocenters. The van der Waals surface area contributed by atoms with Gasteiger partial charge in [0.05, 0.1) is 19.6 Å². The molecule has 0 spiro atoms. The molecule has 3 aromatic heterocycles. The van der Waals surface area contributed by atoms with Gasteiger partial charge in [-0.1, -0.05) is 19.3 Å². The first-order valence-corrected chi connectivity index (χ1v) is 20.8. The first-order valence-electron chi connectivity index (χ1n) is 17.0. The van der Waals surface area contributed by atoms with Gasteiger partial charge in [0, 0.05) is 48.9 Å². The molecule has 270 valence electrons. The summed E-state index contributed by atoms with van der Waals surface area (Å²) in [5.41, 5.74) is 5.54. The van der Waals surface area contributed by atoms with Crippen LogP contribution in [0.15, 0.2) is 46.8 Å². The topological polar surface area (TPSA) is 184 Å². The van der Waals surface area contributed by atoms with E-state index in [0.717, 1.165) is 52.4 Å². The number of rotatable bonds is 11. The van der Waals surface area contributed by atoms with E-state index in [0.29, 0.717) is 18.9 Å². The maximum atomic E-state index is 11.0. The summed E-state index contributed by atoms with van der Waals surface area (Å²) in [4.78, 5) is 7.25. The molecule has 0 radical (unpaired) electrons. The molecule has 48 heavy (non-hydrogen) atoms. The van der Waals surface area contributed by atoms with Crippen molar-refractivity contribution in [1.82, 2.24) is 44.0 Å². The molecule has 0 aromatic carbocycles. The molecule has 0 amide bonds. The number of likely N-dealkylation sites (tertiary alicyclic amines) is 3. The van der Waals surface area contributed by atoms with Crippen LogP contribution in [-0.2, 0) is 38.7 Å². The number of sulfonamides is 1. The normalized spacial score (nSPS) is 18.5. The standard InChI is InChI=1S/C10H16ClN3O2S.C10H18N4O2S.C10H18N4/c2*11-17(15,16)10-4-7-14(12-10)9-8-13-5-2-1-3-6-13;11-10-4-7-14(12-10)9-8-13-5-2-1-3-6-13/h4,7H,1-3,5-6,8-9H2;4,7H,1-3,5-6,8-9H2,(H2,11,15,16);4,7H,1-3,5-6,8-9H2,(H2,11,12). The first-order chi connectivity index (χ1) is 23.0. The molecule has 0 aliphatic carbocycles. The van der Waals surface area contributed by atoms with Crippen LogP contribution in [0, 0.1) is 0 Å². The van der Waals surface area contributed by atoms with Gasteiger partial charge >= 0.3 is 0 Å². The lowest BCUT2D eigenvalue weighted by molar-refractivity contribution is 0.217. The van der Waals surface area contributed by atoms with Crippen molar-refractivity contribution in [2.75, 3.05) is 64.6 Å². The molecule has 3 aliphatic rings. The van der Waals surface area contributed by atoms with E-state index < -0.39 is 19.1 Å². The second-order valence-corrected chi connectivity index (χ2v) is 16.5. The summed E-state index contributed by atoms with van der Waals surface area (Å²) in [7, 11) is -2.16. The Balaban J connectivity index is 0.000000163. The number of hydrogen-bond acceptors (Lipinski definition) is 11. The Morgan fingerprint density at radius 3 is 1.21 bits per heavy atom. The average Bonchev–Trinajstić information content (AvgIpc) is 3.85. The van der Waals surface area contributed by atoms with E-state index in [1.807, 2.05) is 16.9 Å². The number of aromatic nitrogens is 6. The highest BCUT2D eigenvalue weighted by Crippen LogP contribution is 2.13. The summed E-state index contributed by atoms with van der Waals surface area (Å²) in [5.74, 6) is 0.614. The summed E-state index contributed by atoms with van der Waals surface area (Å²) in [5, 5.41) is 16.9. The molecular weight excluding hydrogens is 678 g/mol. The zero-order chi connectivity index (χ0) is 34.4. The van der Waals surface area contributed by atoms with Gasteiger partial charge in [0.2, 0.25) is 0 Å². The van der Waals surface area contributed by atoms with Crippen molar-refractivity contribution in [1.29, 1.82) is 0 Å². The molecule has 0 saturated carbocycles. The van der Waals surface area contributed by atoms with Gasteiger partial charge < -0.3 is 20.4 Å². The summed E-state index contributed by atoms with van der Waals surface area (Å²) in [6.45, 7) is 12.3. The van der Waals surface area contributed by atoms with E-state index in [1.165, 1.54) is 83.0 Å². The minimum Gasteiger partial charge on any atom is -0.382 e. The third-order valence-electron chi connectivity index (χ3n) is 8.72. The van der Waals surface area contributed by atoms with Crippen LogP contribution in [0.1, 0.15) is 57.8 Å². The van der Waals surface area contributed by atoms with Crippen LogP contribution in [0.5, 0.6) is 0 Å². The van der Waals surface area contributed by atoms with E-state index in [-0.39, 0.29) is 10.1 Å². The Hall–Kier alpha value is -2.54. The van der Waals surface area contributed by atoms with Gasteiger partial charge in [-0.15, -0.1) is 0 Å². The van der Waals surface area contributed by atoms with Gasteiger partial charge in [0.15, 0.2) is 10.1 Å². The van der Waals surface area contributed by atoms with E-state index in [2.05, 4.69) is 30.0 Å². The van der Waals surface area contributed by atoms with Gasteiger partial charge in [-0.05, 0) is 96.0 Å². The molecular formula is C30H52ClN11O4S2. The van der Waals surface area contributed by atoms with E-state index in [1.54, 1.807) is 21.8 Å². The third-order valence-corrected chi connectivity index (χ3v) is 10.7. The fourth-order valence-electron chi connectivity index (χ4n) is 6.00. The minimum atomic E-state index is -3.70. The molecule has 0 unspecified atom stereocenters. The number of anilines is 1. The second-order valence-electron chi connectivity index (χ2n) is 12.5.